The lowest BCUT2D eigenvalue weighted by atomic mass is 10.1. The first kappa shape index (κ1) is 14.7. The van der Waals surface area contributed by atoms with E-state index in [0.29, 0.717) is 5.56 Å². The Morgan fingerprint density at radius 1 is 1.33 bits per heavy atom. The van der Waals surface area contributed by atoms with Gasteiger partial charge in [0.05, 0.1) is 11.7 Å². The first-order valence-electron chi connectivity index (χ1n) is 5.65. The first-order chi connectivity index (χ1) is 8.41. The van der Waals surface area contributed by atoms with Crippen LogP contribution in [0.25, 0.3) is 0 Å². The largest absolute Gasteiger partial charge is 0.481 e. The van der Waals surface area contributed by atoms with Crippen molar-refractivity contribution in [3.8, 4) is 0 Å². The van der Waals surface area contributed by atoms with Crippen LogP contribution in [-0.4, -0.2) is 26.0 Å². The summed E-state index contributed by atoms with van der Waals surface area (Å²) >= 11 is 0. The zero-order valence-corrected chi connectivity index (χ0v) is 11.0. The van der Waals surface area contributed by atoms with Crippen LogP contribution >= 0.6 is 0 Å². The van der Waals surface area contributed by atoms with Crippen LogP contribution in [0, 0.1) is 5.92 Å². The first-order valence-corrected chi connectivity index (χ1v) is 7.30. The quantitative estimate of drug-likeness (QED) is 0.781. The van der Waals surface area contributed by atoms with Crippen LogP contribution in [0.3, 0.4) is 0 Å². The zero-order chi connectivity index (χ0) is 13.6. The van der Waals surface area contributed by atoms with Gasteiger partial charge in [0.1, 0.15) is 0 Å². The summed E-state index contributed by atoms with van der Waals surface area (Å²) in [6, 6.07) is 8.84. The van der Waals surface area contributed by atoms with E-state index < -0.39 is 21.9 Å². The third kappa shape index (κ3) is 5.29. The number of aliphatic carboxylic acids is 1. The average molecular weight is 271 g/mol. The van der Waals surface area contributed by atoms with Crippen LogP contribution in [0.15, 0.2) is 30.3 Å². The molecule has 0 aromatic heterocycles. The van der Waals surface area contributed by atoms with Crippen LogP contribution in [-0.2, 0) is 20.6 Å². The molecular formula is C12H17NO4S. The van der Waals surface area contributed by atoms with Crippen LogP contribution in [0.5, 0.6) is 0 Å². The van der Waals surface area contributed by atoms with E-state index in [0.717, 1.165) is 0 Å². The Hall–Kier alpha value is -1.40. The van der Waals surface area contributed by atoms with Gasteiger partial charge in [0, 0.05) is 6.54 Å². The molecule has 0 radical (unpaired) electrons. The molecule has 1 unspecified atom stereocenters. The Labute approximate surface area is 107 Å². The average Bonchev–Trinajstić information content (AvgIpc) is 2.29. The maximum Gasteiger partial charge on any atom is 0.306 e. The highest BCUT2D eigenvalue weighted by Gasteiger charge is 2.14. The zero-order valence-electron chi connectivity index (χ0n) is 10.2. The van der Waals surface area contributed by atoms with Gasteiger partial charge in [-0.25, -0.2) is 13.1 Å². The number of carboxylic acid groups (broad SMARTS) is 1. The van der Waals surface area contributed by atoms with Crippen molar-refractivity contribution >= 4 is 16.0 Å². The second-order valence-electron chi connectivity index (χ2n) is 4.17. The minimum Gasteiger partial charge on any atom is -0.481 e. The number of carboxylic acids is 1. The van der Waals surface area contributed by atoms with Crippen molar-refractivity contribution in [1.82, 2.24) is 4.72 Å². The Kier molecular flexibility index (Phi) is 5.30. The molecule has 0 saturated carbocycles. The van der Waals surface area contributed by atoms with Gasteiger partial charge < -0.3 is 5.11 Å². The number of nitrogens with one attached hydrogen (secondary N) is 1. The lowest BCUT2D eigenvalue weighted by Crippen LogP contribution is -2.28. The van der Waals surface area contributed by atoms with Crippen molar-refractivity contribution in [1.29, 1.82) is 0 Å². The molecule has 5 nitrogen and oxygen atoms in total. The number of sulfonamides is 1. The molecule has 6 heteroatoms. The van der Waals surface area contributed by atoms with Crippen molar-refractivity contribution in [3.63, 3.8) is 0 Å². The Morgan fingerprint density at radius 2 is 1.94 bits per heavy atom. The molecule has 100 valence electrons. The topological polar surface area (TPSA) is 83.5 Å². The minimum absolute atomic E-state index is 0.0880. The number of benzene rings is 1. The summed E-state index contributed by atoms with van der Waals surface area (Å²) in [5, 5.41) is 8.67. The molecule has 0 amide bonds. The molecule has 0 heterocycles. The van der Waals surface area contributed by atoms with Crippen molar-refractivity contribution in [2.24, 2.45) is 5.92 Å². The number of hydrogen-bond donors (Lipinski definition) is 2. The predicted octanol–water partition coefficient (Wildman–Crippen LogP) is 1.22. The Balaban J connectivity index is 2.44. The molecule has 0 saturated heterocycles. The summed E-state index contributed by atoms with van der Waals surface area (Å²) in [6.45, 7) is 1.69. The van der Waals surface area contributed by atoms with Gasteiger partial charge in [-0.1, -0.05) is 37.3 Å². The fourth-order valence-electron chi connectivity index (χ4n) is 1.40. The summed E-state index contributed by atoms with van der Waals surface area (Å²) in [7, 11) is -3.40. The molecule has 1 atom stereocenters. The lowest BCUT2D eigenvalue weighted by molar-refractivity contribution is -0.141. The van der Waals surface area contributed by atoms with E-state index in [1.54, 1.807) is 31.2 Å². The minimum atomic E-state index is -3.40. The van der Waals surface area contributed by atoms with Gasteiger partial charge in [-0.05, 0) is 12.0 Å². The second-order valence-corrected chi connectivity index (χ2v) is 5.97. The maximum absolute atomic E-state index is 11.7. The molecular weight excluding hydrogens is 254 g/mol. The fraction of sp³-hybridized carbons (Fsp3) is 0.417. The summed E-state index contributed by atoms with van der Waals surface area (Å²) in [5.41, 5.74) is 0.705. The predicted molar refractivity (Wildman–Crippen MR) is 68.5 cm³/mol. The summed E-state index contributed by atoms with van der Waals surface area (Å²) in [4.78, 5) is 10.6. The van der Waals surface area contributed by atoms with Crippen molar-refractivity contribution in [3.05, 3.63) is 35.9 Å². The molecule has 0 fully saturated rings. The van der Waals surface area contributed by atoms with Gasteiger partial charge in [-0.3, -0.25) is 4.79 Å². The monoisotopic (exact) mass is 271 g/mol. The second kappa shape index (κ2) is 6.51. The molecule has 0 bridgehead atoms. The van der Waals surface area contributed by atoms with Crippen LogP contribution in [0.4, 0.5) is 0 Å². The van der Waals surface area contributed by atoms with Gasteiger partial charge in [-0.15, -0.1) is 0 Å². The van der Waals surface area contributed by atoms with Crippen molar-refractivity contribution < 1.29 is 18.3 Å². The van der Waals surface area contributed by atoms with Gasteiger partial charge in [0.2, 0.25) is 10.0 Å². The molecule has 0 aliphatic heterocycles. The van der Waals surface area contributed by atoms with E-state index in [1.165, 1.54) is 0 Å². The number of carbonyl (C=O) groups is 1. The Morgan fingerprint density at radius 3 is 2.50 bits per heavy atom. The molecule has 1 aromatic rings. The van der Waals surface area contributed by atoms with E-state index in [9.17, 15) is 13.2 Å². The van der Waals surface area contributed by atoms with Crippen LogP contribution in [0.2, 0.25) is 0 Å². The normalized spacial score (nSPS) is 13.2. The highest BCUT2D eigenvalue weighted by molar-refractivity contribution is 7.88. The van der Waals surface area contributed by atoms with Crippen molar-refractivity contribution in [2.45, 2.75) is 19.1 Å². The van der Waals surface area contributed by atoms with Crippen molar-refractivity contribution in [2.75, 3.05) is 6.54 Å². The Bertz CT molecular complexity index is 484. The summed E-state index contributed by atoms with van der Waals surface area (Å²) in [5.74, 6) is -1.56. The molecule has 1 aromatic carbocycles. The fourth-order valence-corrected chi connectivity index (χ4v) is 2.56. The molecule has 18 heavy (non-hydrogen) atoms. The lowest BCUT2D eigenvalue weighted by Gasteiger charge is -2.08. The third-order valence-electron chi connectivity index (χ3n) is 2.52. The van der Waals surface area contributed by atoms with E-state index in [4.69, 9.17) is 5.11 Å². The van der Waals surface area contributed by atoms with Gasteiger partial charge in [-0.2, -0.15) is 0 Å². The molecule has 0 spiro atoms. The van der Waals surface area contributed by atoms with Gasteiger partial charge >= 0.3 is 5.97 Å². The van der Waals surface area contributed by atoms with Gasteiger partial charge in [0.25, 0.3) is 0 Å². The molecule has 1 rings (SSSR count). The van der Waals surface area contributed by atoms with E-state index >= 15 is 0 Å². The van der Waals surface area contributed by atoms with E-state index in [-0.39, 0.29) is 18.7 Å². The highest BCUT2D eigenvalue weighted by atomic mass is 32.2. The summed E-state index contributed by atoms with van der Waals surface area (Å²) in [6.07, 6.45) is 0.281. The summed E-state index contributed by atoms with van der Waals surface area (Å²) < 4.78 is 25.8. The molecule has 0 aliphatic carbocycles. The van der Waals surface area contributed by atoms with E-state index in [2.05, 4.69) is 4.72 Å². The highest BCUT2D eigenvalue weighted by Crippen LogP contribution is 2.05. The standard InChI is InChI=1S/C12H17NO4S/c1-10(12(14)15)7-8-13-18(16,17)9-11-5-3-2-4-6-11/h2-6,10,13H,7-9H2,1H3,(H,14,15). The number of rotatable bonds is 7. The van der Waals surface area contributed by atoms with Gasteiger partial charge in [0.15, 0.2) is 0 Å². The van der Waals surface area contributed by atoms with E-state index in [1.807, 2.05) is 6.07 Å². The maximum atomic E-state index is 11.7. The van der Waals surface area contributed by atoms with Crippen LogP contribution in [0.1, 0.15) is 18.9 Å². The number of hydrogen-bond acceptors (Lipinski definition) is 3. The van der Waals surface area contributed by atoms with Crippen LogP contribution < -0.4 is 4.72 Å². The third-order valence-corrected chi connectivity index (χ3v) is 3.88. The molecule has 0 aliphatic rings. The SMILES string of the molecule is CC(CCNS(=O)(=O)Cc1ccccc1)C(=O)O. The smallest absolute Gasteiger partial charge is 0.306 e. The molecule has 2 N–H and O–H groups in total.